The first kappa shape index (κ1) is 13.5. The van der Waals surface area contributed by atoms with E-state index in [0.29, 0.717) is 5.92 Å². The number of rotatable bonds is 5. The maximum atomic E-state index is 5.74. The molecule has 1 aliphatic rings. The maximum absolute atomic E-state index is 5.74. The number of likely N-dealkylation sites (N-methyl/N-ethyl adjacent to an activating group) is 1. The van der Waals surface area contributed by atoms with E-state index in [9.17, 15) is 0 Å². The van der Waals surface area contributed by atoms with Gasteiger partial charge in [0.1, 0.15) is 12.2 Å². The fourth-order valence-electron chi connectivity index (χ4n) is 2.72. The first-order valence-electron chi connectivity index (χ1n) is 6.93. The first-order valence-corrected chi connectivity index (χ1v) is 6.93. The van der Waals surface area contributed by atoms with Crippen molar-refractivity contribution in [2.45, 2.75) is 38.1 Å². The molecule has 0 bridgehead atoms. The van der Waals surface area contributed by atoms with Gasteiger partial charge in [0.15, 0.2) is 0 Å². The Labute approximate surface area is 109 Å². The number of hydrogen-bond donors (Lipinski definition) is 1. The Kier molecular flexibility index (Phi) is 4.72. The number of nitrogens with two attached hydrogens (primary N) is 1. The van der Waals surface area contributed by atoms with E-state index in [1.54, 1.807) is 0 Å². The molecule has 1 aliphatic carbocycles. The van der Waals surface area contributed by atoms with Crippen molar-refractivity contribution in [1.29, 1.82) is 0 Å². The molecule has 102 valence electrons. The number of hydrogen-bond acceptors (Lipinski definition) is 4. The minimum absolute atomic E-state index is 0.581. The van der Waals surface area contributed by atoms with Crippen LogP contribution in [0, 0.1) is 5.92 Å². The minimum Gasteiger partial charge on any atom is -0.330 e. The summed E-state index contributed by atoms with van der Waals surface area (Å²) in [5.41, 5.74) is 5.74. The summed E-state index contributed by atoms with van der Waals surface area (Å²) in [5, 5.41) is 8.42. The van der Waals surface area contributed by atoms with E-state index in [4.69, 9.17) is 5.73 Å². The van der Waals surface area contributed by atoms with Crippen LogP contribution in [0.2, 0.25) is 0 Å². The molecular formula is C13H25N5. The molecule has 1 aromatic rings. The van der Waals surface area contributed by atoms with Crippen LogP contribution < -0.4 is 5.73 Å². The van der Waals surface area contributed by atoms with Crippen LogP contribution in [-0.4, -0.2) is 46.8 Å². The van der Waals surface area contributed by atoms with Crippen LogP contribution >= 0.6 is 0 Å². The van der Waals surface area contributed by atoms with Gasteiger partial charge in [0.05, 0.1) is 0 Å². The lowest BCUT2D eigenvalue weighted by molar-refractivity contribution is 0.314. The molecule has 1 aromatic heterocycles. The van der Waals surface area contributed by atoms with E-state index < -0.39 is 0 Å². The highest BCUT2D eigenvalue weighted by atomic mass is 15.3. The standard InChI is InChI=1S/C13H25N5/c1-17(2)7-8-18-10-15-16-13(18)12-5-3-11(9-14)4-6-12/h10-12H,3-9,14H2,1-2H3. The summed E-state index contributed by atoms with van der Waals surface area (Å²) >= 11 is 0. The third kappa shape index (κ3) is 3.29. The minimum atomic E-state index is 0.581. The molecular weight excluding hydrogens is 226 g/mol. The van der Waals surface area contributed by atoms with Gasteiger partial charge >= 0.3 is 0 Å². The highest BCUT2D eigenvalue weighted by molar-refractivity contribution is 4.99. The van der Waals surface area contributed by atoms with Crippen molar-refractivity contribution in [3.63, 3.8) is 0 Å². The Morgan fingerprint density at radius 2 is 2.06 bits per heavy atom. The number of aromatic nitrogens is 3. The molecule has 0 saturated heterocycles. The van der Waals surface area contributed by atoms with Gasteiger partial charge in [-0.2, -0.15) is 0 Å². The van der Waals surface area contributed by atoms with E-state index in [0.717, 1.165) is 25.6 Å². The van der Waals surface area contributed by atoms with Crippen molar-refractivity contribution in [1.82, 2.24) is 19.7 Å². The predicted molar refractivity (Wildman–Crippen MR) is 72.3 cm³/mol. The van der Waals surface area contributed by atoms with Crippen LogP contribution in [0.25, 0.3) is 0 Å². The molecule has 5 heteroatoms. The molecule has 0 spiro atoms. The lowest BCUT2D eigenvalue weighted by Gasteiger charge is -2.27. The Bertz CT molecular complexity index is 352. The van der Waals surface area contributed by atoms with E-state index in [-0.39, 0.29) is 0 Å². The summed E-state index contributed by atoms with van der Waals surface area (Å²) in [5.74, 6) is 2.48. The SMILES string of the molecule is CN(C)CCn1cnnc1C1CCC(CN)CC1. The summed E-state index contributed by atoms with van der Waals surface area (Å²) in [7, 11) is 4.19. The van der Waals surface area contributed by atoms with Gasteiger partial charge in [-0.3, -0.25) is 0 Å². The van der Waals surface area contributed by atoms with E-state index in [1.807, 2.05) is 6.33 Å². The third-order valence-electron chi connectivity index (χ3n) is 3.98. The molecule has 0 radical (unpaired) electrons. The second kappa shape index (κ2) is 6.29. The molecule has 5 nitrogen and oxygen atoms in total. The van der Waals surface area contributed by atoms with Gasteiger partial charge < -0.3 is 15.2 Å². The average molecular weight is 251 g/mol. The molecule has 0 unspecified atom stereocenters. The highest BCUT2D eigenvalue weighted by Crippen LogP contribution is 2.34. The van der Waals surface area contributed by atoms with Crippen LogP contribution in [0.15, 0.2) is 6.33 Å². The third-order valence-corrected chi connectivity index (χ3v) is 3.98. The molecule has 2 N–H and O–H groups in total. The Balaban J connectivity index is 1.95. The quantitative estimate of drug-likeness (QED) is 0.850. The van der Waals surface area contributed by atoms with E-state index in [2.05, 4.69) is 33.8 Å². The molecule has 2 rings (SSSR count). The van der Waals surface area contributed by atoms with Crippen LogP contribution in [0.5, 0.6) is 0 Å². The monoisotopic (exact) mass is 251 g/mol. The molecule has 18 heavy (non-hydrogen) atoms. The zero-order valence-electron chi connectivity index (χ0n) is 11.5. The van der Waals surface area contributed by atoms with Crippen molar-refractivity contribution >= 4 is 0 Å². The molecule has 0 amide bonds. The van der Waals surface area contributed by atoms with Gasteiger partial charge in [-0.25, -0.2) is 0 Å². The first-order chi connectivity index (χ1) is 8.70. The van der Waals surface area contributed by atoms with E-state index in [1.165, 1.54) is 31.5 Å². The molecule has 0 atom stereocenters. The largest absolute Gasteiger partial charge is 0.330 e. The van der Waals surface area contributed by atoms with Crippen molar-refractivity contribution < 1.29 is 0 Å². The molecule has 0 aromatic carbocycles. The molecule has 1 heterocycles. The number of nitrogens with zero attached hydrogens (tertiary/aromatic N) is 4. The summed E-state index contributed by atoms with van der Waals surface area (Å²) in [6.07, 6.45) is 6.77. The second-order valence-electron chi connectivity index (χ2n) is 5.64. The van der Waals surface area contributed by atoms with Gasteiger partial charge in [-0.1, -0.05) is 0 Å². The molecule has 0 aliphatic heterocycles. The van der Waals surface area contributed by atoms with Crippen LogP contribution in [0.3, 0.4) is 0 Å². The predicted octanol–water partition coefficient (Wildman–Crippen LogP) is 1.07. The summed E-state index contributed by atoms with van der Waals surface area (Å²) in [4.78, 5) is 2.19. The fraction of sp³-hybridized carbons (Fsp3) is 0.846. The van der Waals surface area contributed by atoms with Gasteiger partial charge in [-0.05, 0) is 52.2 Å². The normalized spacial score (nSPS) is 24.7. The topological polar surface area (TPSA) is 60.0 Å². The summed E-state index contributed by atoms with van der Waals surface area (Å²) < 4.78 is 2.22. The van der Waals surface area contributed by atoms with Crippen LogP contribution in [0.4, 0.5) is 0 Å². The average Bonchev–Trinajstić information content (AvgIpc) is 2.85. The second-order valence-corrected chi connectivity index (χ2v) is 5.64. The molecule has 1 fully saturated rings. The Morgan fingerprint density at radius 3 is 2.67 bits per heavy atom. The van der Waals surface area contributed by atoms with Crippen LogP contribution in [0.1, 0.15) is 37.4 Å². The fourth-order valence-corrected chi connectivity index (χ4v) is 2.72. The van der Waals surface area contributed by atoms with Gasteiger partial charge in [-0.15, -0.1) is 10.2 Å². The Morgan fingerprint density at radius 1 is 1.33 bits per heavy atom. The van der Waals surface area contributed by atoms with Gasteiger partial charge in [0.25, 0.3) is 0 Å². The maximum Gasteiger partial charge on any atom is 0.135 e. The van der Waals surface area contributed by atoms with Crippen molar-refractivity contribution in [2.24, 2.45) is 11.7 Å². The highest BCUT2D eigenvalue weighted by Gasteiger charge is 2.24. The van der Waals surface area contributed by atoms with Crippen molar-refractivity contribution in [3.05, 3.63) is 12.2 Å². The smallest absolute Gasteiger partial charge is 0.135 e. The van der Waals surface area contributed by atoms with Gasteiger partial charge in [0, 0.05) is 19.0 Å². The molecule has 1 saturated carbocycles. The van der Waals surface area contributed by atoms with Crippen molar-refractivity contribution in [3.8, 4) is 0 Å². The van der Waals surface area contributed by atoms with Crippen molar-refractivity contribution in [2.75, 3.05) is 27.2 Å². The zero-order chi connectivity index (χ0) is 13.0. The lowest BCUT2D eigenvalue weighted by atomic mass is 9.81. The van der Waals surface area contributed by atoms with Gasteiger partial charge in [0.2, 0.25) is 0 Å². The zero-order valence-corrected chi connectivity index (χ0v) is 11.5. The summed E-state index contributed by atoms with van der Waals surface area (Å²) in [6, 6.07) is 0. The van der Waals surface area contributed by atoms with Crippen LogP contribution in [-0.2, 0) is 6.54 Å². The summed E-state index contributed by atoms with van der Waals surface area (Å²) in [6.45, 7) is 2.84. The Hall–Kier alpha value is -0.940. The van der Waals surface area contributed by atoms with E-state index >= 15 is 0 Å². The lowest BCUT2D eigenvalue weighted by Crippen LogP contribution is -2.24.